The molecular weight excluding hydrogens is 239 g/mol. The number of rotatable bonds is 1. The molecule has 1 aromatic carbocycles. The van der Waals surface area contributed by atoms with Crippen LogP contribution in [-0.4, -0.2) is 18.3 Å². The Labute approximate surface area is 114 Å². The highest BCUT2D eigenvalue weighted by Gasteiger charge is 2.52. The molecule has 0 saturated carbocycles. The maximum absolute atomic E-state index is 9.27. The zero-order valence-corrected chi connectivity index (χ0v) is 12.1. The molecule has 0 spiro atoms. The fourth-order valence-electron chi connectivity index (χ4n) is 2.13. The predicted octanol–water partition coefficient (Wildman–Crippen LogP) is 1.75. The number of nitrogen functional groups attached to an aromatic ring is 1. The largest absolute Gasteiger partial charge is 0.496 e. The first-order valence-electron chi connectivity index (χ1n) is 6.34. The third kappa shape index (κ3) is 2.22. The van der Waals surface area contributed by atoms with Crippen molar-refractivity contribution in [3.05, 3.63) is 23.3 Å². The molecule has 1 saturated heterocycles. The van der Waals surface area contributed by atoms with E-state index >= 15 is 0 Å². The van der Waals surface area contributed by atoms with Crippen molar-refractivity contribution in [3.63, 3.8) is 0 Å². The molecule has 0 bridgehead atoms. The summed E-state index contributed by atoms with van der Waals surface area (Å²) in [6.07, 6.45) is 0. The zero-order valence-electron chi connectivity index (χ0n) is 12.1. The van der Waals surface area contributed by atoms with Gasteiger partial charge >= 0.3 is 7.12 Å². The zero-order chi connectivity index (χ0) is 14.4. The lowest BCUT2D eigenvalue weighted by Gasteiger charge is -2.32. The average Bonchev–Trinajstić information content (AvgIpc) is 2.47. The molecule has 0 aromatic heterocycles. The van der Waals surface area contributed by atoms with Crippen LogP contribution in [-0.2, 0) is 9.31 Å². The molecule has 2 rings (SSSR count). The van der Waals surface area contributed by atoms with Gasteiger partial charge in [0.15, 0.2) is 0 Å². The van der Waals surface area contributed by atoms with E-state index < -0.39 is 18.3 Å². The topological polar surface area (TPSA) is 68.3 Å². The Morgan fingerprint density at radius 1 is 1.16 bits per heavy atom. The van der Waals surface area contributed by atoms with Gasteiger partial charge in [0.25, 0.3) is 0 Å². The van der Waals surface area contributed by atoms with Crippen LogP contribution >= 0.6 is 0 Å². The van der Waals surface area contributed by atoms with Gasteiger partial charge in [0.05, 0.1) is 16.8 Å². The molecule has 0 atom stereocenters. The van der Waals surface area contributed by atoms with Gasteiger partial charge in [-0.2, -0.15) is 5.26 Å². The maximum Gasteiger partial charge on any atom is 0.496 e. The number of aryl methyl sites for hydroxylation is 1. The van der Waals surface area contributed by atoms with Crippen molar-refractivity contribution in [2.24, 2.45) is 0 Å². The molecule has 1 aliphatic rings. The summed E-state index contributed by atoms with van der Waals surface area (Å²) in [6, 6.07) is 5.82. The van der Waals surface area contributed by atoms with Gasteiger partial charge in [-0.25, -0.2) is 0 Å². The summed E-state index contributed by atoms with van der Waals surface area (Å²) in [7, 11) is -0.554. The average molecular weight is 258 g/mol. The lowest BCUT2D eigenvalue weighted by Crippen LogP contribution is -2.41. The number of nitriles is 1. The lowest BCUT2D eigenvalue weighted by atomic mass is 9.75. The van der Waals surface area contributed by atoms with Crippen molar-refractivity contribution in [2.45, 2.75) is 45.8 Å². The monoisotopic (exact) mass is 258 g/mol. The van der Waals surface area contributed by atoms with Crippen LogP contribution in [0.5, 0.6) is 0 Å². The smallest absolute Gasteiger partial charge is 0.399 e. The Hall–Kier alpha value is -1.51. The number of nitrogens with zero attached hydrogens (tertiary/aromatic N) is 1. The minimum atomic E-state index is -0.554. The van der Waals surface area contributed by atoms with E-state index in [4.69, 9.17) is 15.0 Å². The molecule has 2 N–H and O–H groups in total. The van der Waals surface area contributed by atoms with Gasteiger partial charge in [-0.3, -0.25) is 0 Å². The number of benzene rings is 1. The number of nitrogens with two attached hydrogens (primary N) is 1. The fourth-order valence-corrected chi connectivity index (χ4v) is 2.13. The second kappa shape index (κ2) is 4.26. The standard InChI is InChI=1S/C14H19BN2O2/c1-9-6-11(10(8-16)12(17)7-9)15-18-13(2,3)14(4,5)19-15/h6-7H,17H2,1-5H3. The van der Waals surface area contributed by atoms with Crippen LogP contribution in [0.1, 0.15) is 38.8 Å². The molecule has 4 nitrogen and oxygen atoms in total. The summed E-state index contributed by atoms with van der Waals surface area (Å²) in [6.45, 7) is 9.87. The van der Waals surface area contributed by atoms with Crippen LogP contribution in [0.25, 0.3) is 0 Å². The number of anilines is 1. The summed E-state index contributed by atoms with van der Waals surface area (Å²) in [5, 5.41) is 9.27. The summed E-state index contributed by atoms with van der Waals surface area (Å²) in [5.41, 5.74) is 7.64. The van der Waals surface area contributed by atoms with Crippen LogP contribution in [0.3, 0.4) is 0 Å². The summed E-state index contributed by atoms with van der Waals surface area (Å²) in [4.78, 5) is 0. The highest BCUT2D eigenvalue weighted by molar-refractivity contribution is 6.63. The van der Waals surface area contributed by atoms with Crippen molar-refractivity contribution < 1.29 is 9.31 Å². The van der Waals surface area contributed by atoms with E-state index in [9.17, 15) is 5.26 Å². The van der Waals surface area contributed by atoms with E-state index in [1.54, 1.807) is 6.07 Å². The van der Waals surface area contributed by atoms with Crippen molar-refractivity contribution in [1.29, 1.82) is 5.26 Å². The molecule has 1 aromatic rings. The molecule has 1 fully saturated rings. The molecule has 1 heterocycles. The Kier molecular flexibility index (Phi) is 3.12. The van der Waals surface area contributed by atoms with Crippen LogP contribution in [0, 0.1) is 18.3 Å². The van der Waals surface area contributed by atoms with Crippen molar-refractivity contribution in [1.82, 2.24) is 0 Å². The molecule has 19 heavy (non-hydrogen) atoms. The molecule has 1 aliphatic heterocycles. The van der Waals surface area contributed by atoms with E-state index in [1.807, 2.05) is 40.7 Å². The van der Waals surface area contributed by atoms with Crippen LogP contribution in [0.15, 0.2) is 12.1 Å². The van der Waals surface area contributed by atoms with Crippen LogP contribution in [0.4, 0.5) is 5.69 Å². The third-order valence-corrected chi connectivity index (χ3v) is 3.96. The quantitative estimate of drug-likeness (QED) is 0.615. The van der Waals surface area contributed by atoms with Crippen molar-refractivity contribution in [3.8, 4) is 6.07 Å². The van der Waals surface area contributed by atoms with Gasteiger partial charge in [0, 0.05) is 11.2 Å². The van der Waals surface area contributed by atoms with E-state index in [0.29, 0.717) is 16.7 Å². The normalized spacial score (nSPS) is 20.3. The number of hydrogen-bond acceptors (Lipinski definition) is 4. The fraction of sp³-hybridized carbons (Fsp3) is 0.500. The molecule has 0 radical (unpaired) electrons. The first-order valence-corrected chi connectivity index (χ1v) is 6.34. The van der Waals surface area contributed by atoms with E-state index in [1.165, 1.54) is 0 Å². The molecular formula is C14H19BN2O2. The first-order chi connectivity index (χ1) is 8.68. The molecule has 5 heteroatoms. The number of hydrogen-bond donors (Lipinski definition) is 1. The highest BCUT2D eigenvalue weighted by atomic mass is 16.7. The maximum atomic E-state index is 9.27. The Bertz CT molecular complexity index is 545. The van der Waals surface area contributed by atoms with E-state index in [2.05, 4.69) is 6.07 Å². The van der Waals surface area contributed by atoms with Crippen molar-refractivity contribution in [2.75, 3.05) is 5.73 Å². The third-order valence-electron chi connectivity index (χ3n) is 3.96. The summed E-state index contributed by atoms with van der Waals surface area (Å²) in [5.74, 6) is 0. The SMILES string of the molecule is Cc1cc(N)c(C#N)c(B2OC(C)(C)C(C)(C)O2)c1. The Morgan fingerprint density at radius 2 is 1.68 bits per heavy atom. The van der Waals surface area contributed by atoms with Gasteiger partial charge < -0.3 is 15.0 Å². The molecule has 0 aliphatic carbocycles. The highest BCUT2D eigenvalue weighted by Crippen LogP contribution is 2.36. The van der Waals surface area contributed by atoms with E-state index in [-0.39, 0.29) is 0 Å². The Morgan fingerprint density at radius 3 is 2.16 bits per heavy atom. The van der Waals surface area contributed by atoms with Gasteiger partial charge in [-0.15, -0.1) is 0 Å². The lowest BCUT2D eigenvalue weighted by molar-refractivity contribution is 0.00578. The molecule has 100 valence electrons. The summed E-state index contributed by atoms with van der Waals surface area (Å²) < 4.78 is 11.9. The van der Waals surface area contributed by atoms with Crippen molar-refractivity contribution >= 4 is 18.3 Å². The van der Waals surface area contributed by atoms with Gasteiger partial charge in [-0.1, -0.05) is 6.07 Å². The summed E-state index contributed by atoms with van der Waals surface area (Å²) >= 11 is 0. The molecule has 0 unspecified atom stereocenters. The first kappa shape index (κ1) is 13.9. The molecule has 0 amide bonds. The predicted molar refractivity (Wildman–Crippen MR) is 76.0 cm³/mol. The second-order valence-electron chi connectivity index (χ2n) is 6.02. The van der Waals surface area contributed by atoms with Gasteiger partial charge in [0.2, 0.25) is 0 Å². The van der Waals surface area contributed by atoms with E-state index in [0.717, 1.165) is 5.56 Å². The van der Waals surface area contributed by atoms with Crippen LogP contribution < -0.4 is 11.2 Å². The second-order valence-corrected chi connectivity index (χ2v) is 6.02. The Balaban J connectivity index is 2.48. The minimum absolute atomic E-state index is 0.428. The minimum Gasteiger partial charge on any atom is -0.399 e. The van der Waals surface area contributed by atoms with Crippen LogP contribution in [0.2, 0.25) is 0 Å². The van der Waals surface area contributed by atoms with Gasteiger partial charge in [-0.05, 0) is 46.2 Å². The van der Waals surface area contributed by atoms with Gasteiger partial charge in [0.1, 0.15) is 6.07 Å².